The number of ether oxygens (including phenoxy) is 1. The van der Waals surface area contributed by atoms with E-state index in [0.29, 0.717) is 34.4 Å². The largest absolute Gasteiger partial charge is 0.423 e. The average molecular weight is 418 g/mol. The van der Waals surface area contributed by atoms with E-state index in [2.05, 4.69) is 4.98 Å². The first-order valence-corrected chi connectivity index (χ1v) is 10.2. The third-order valence-corrected chi connectivity index (χ3v) is 5.19. The van der Waals surface area contributed by atoms with Gasteiger partial charge in [0.25, 0.3) is 5.56 Å². The molecule has 0 atom stereocenters. The van der Waals surface area contributed by atoms with Gasteiger partial charge in [-0.25, -0.2) is 14.6 Å². The standard InChI is InChI=1S/C24H22N2O5/c1-4-6-15-12-22(27)31-21-13-17(8-9-18(15)21)30-24(29)16-7-10-20-19(11-16)25-14(3)23(28)26(20)5-2/h7-13H,4-6H2,1-3H3. The summed E-state index contributed by atoms with van der Waals surface area (Å²) < 4.78 is 12.4. The second-order valence-electron chi connectivity index (χ2n) is 7.34. The molecule has 0 saturated carbocycles. The fourth-order valence-corrected chi connectivity index (χ4v) is 3.73. The molecule has 7 heteroatoms. The van der Waals surface area contributed by atoms with Gasteiger partial charge in [-0.1, -0.05) is 13.3 Å². The predicted octanol–water partition coefficient (Wildman–Crippen LogP) is 4.00. The molecule has 31 heavy (non-hydrogen) atoms. The molecule has 0 aliphatic rings. The number of carbonyl (C=O) groups is 1. The molecule has 0 spiro atoms. The molecule has 4 rings (SSSR count). The van der Waals surface area contributed by atoms with Crippen LogP contribution in [0.5, 0.6) is 5.75 Å². The SMILES string of the molecule is CCCc1cc(=O)oc2cc(OC(=O)c3ccc4c(c3)nc(C)c(=O)n4CC)ccc12. The van der Waals surface area contributed by atoms with Crippen molar-refractivity contribution < 1.29 is 13.9 Å². The molecule has 4 aromatic rings. The lowest BCUT2D eigenvalue weighted by molar-refractivity contribution is 0.0735. The molecule has 2 aromatic heterocycles. The van der Waals surface area contributed by atoms with E-state index in [9.17, 15) is 14.4 Å². The van der Waals surface area contributed by atoms with Crippen LogP contribution >= 0.6 is 0 Å². The number of benzene rings is 2. The van der Waals surface area contributed by atoms with E-state index < -0.39 is 11.6 Å². The highest BCUT2D eigenvalue weighted by molar-refractivity contribution is 5.95. The minimum absolute atomic E-state index is 0.148. The van der Waals surface area contributed by atoms with Gasteiger partial charge in [0.15, 0.2) is 0 Å². The van der Waals surface area contributed by atoms with Crippen LogP contribution in [0.1, 0.15) is 41.9 Å². The van der Waals surface area contributed by atoms with Crippen molar-refractivity contribution in [3.63, 3.8) is 0 Å². The zero-order chi connectivity index (χ0) is 22.1. The minimum atomic E-state index is -0.568. The molecule has 0 unspecified atom stereocenters. The van der Waals surface area contributed by atoms with Crippen molar-refractivity contribution >= 4 is 28.0 Å². The first-order chi connectivity index (χ1) is 14.9. The normalized spacial score (nSPS) is 11.2. The molecule has 0 saturated heterocycles. The predicted molar refractivity (Wildman–Crippen MR) is 118 cm³/mol. The first-order valence-electron chi connectivity index (χ1n) is 10.2. The van der Waals surface area contributed by atoms with E-state index in [1.54, 1.807) is 47.9 Å². The minimum Gasteiger partial charge on any atom is -0.423 e. The molecule has 158 valence electrons. The lowest BCUT2D eigenvalue weighted by atomic mass is 10.1. The molecule has 0 N–H and O–H groups in total. The van der Waals surface area contributed by atoms with Gasteiger partial charge in [-0.2, -0.15) is 0 Å². The van der Waals surface area contributed by atoms with Gasteiger partial charge in [-0.3, -0.25) is 4.79 Å². The fraction of sp³-hybridized carbons (Fsp3) is 0.250. The Bertz CT molecular complexity index is 1430. The zero-order valence-electron chi connectivity index (χ0n) is 17.6. The molecule has 7 nitrogen and oxygen atoms in total. The maximum absolute atomic E-state index is 12.7. The monoisotopic (exact) mass is 418 g/mol. The molecular weight excluding hydrogens is 396 g/mol. The summed E-state index contributed by atoms with van der Waals surface area (Å²) in [6.45, 7) is 6.07. The maximum Gasteiger partial charge on any atom is 0.343 e. The third kappa shape index (κ3) is 3.86. The van der Waals surface area contributed by atoms with Crippen LogP contribution in [0.2, 0.25) is 0 Å². The number of esters is 1. The summed E-state index contributed by atoms with van der Waals surface area (Å²) in [5.41, 5.74) is 2.58. The Labute approximate surface area is 177 Å². The van der Waals surface area contributed by atoms with Crippen LogP contribution < -0.4 is 15.9 Å². The van der Waals surface area contributed by atoms with E-state index >= 15 is 0 Å². The van der Waals surface area contributed by atoms with E-state index in [-0.39, 0.29) is 11.3 Å². The Morgan fingerprint density at radius 1 is 1.10 bits per heavy atom. The van der Waals surface area contributed by atoms with Gasteiger partial charge in [0.05, 0.1) is 16.6 Å². The number of hydrogen-bond donors (Lipinski definition) is 0. The topological polar surface area (TPSA) is 91.4 Å². The van der Waals surface area contributed by atoms with Crippen LogP contribution in [-0.2, 0) is 13.0 Å². The summed E-state index contributed by atoms with van der Waals surface area (Å²) in [6, 6.07) is 11.4. The van der Waals surface area contributed by atoms with Gasteiger partial charge >= 0.3 is 11.6 Å². The molecule has 0 aliphatic heterocycles. The molecule has 0 radical (unpaired) electrons. The van der Waals surface area contributed by atoms with E-state index in [1.807, 2.05) is 13.8 Å². The highest BCUT2D eigenvalue weighted by atomic mass is 16.5. The van der Waals surface area contributed by atoms with Crippen LogP contribution in [0.3, 0.4) is 0 Å². The molecule has 0 fully saturated rings. The van der Waals surface area contributed by atoms with E-state index in [0.717, 1.165) is 23.8 Å². The third-order valence-electron chi connectivity index (χ3n) is 5.19. The Kier molecular flexibility index (Phi) is 5.42. The maximum atomic E-state index is 12.7. The van der Waals surface area contributed by atoms with E-state index in [1.165, 1.54) is 6.07 Å². The van der Waals surface area contributed by atoms with Crippen molar-refractivity contribution in [3.8, 4) is 5.75 Å². The summed E-state index contributed by atoms with van der Waals surface area (Å²) >= 11 is 0. The number of carbonyl (C=O) groups excluding carboxylic acids is 1. The Hall–Kier alpha value is -3.74. The number of nitrogens with zero attached hydrogens (tertiary/aromatic N) is 2. The molecular formula is C24H22N2O5. The quantitative estimate of drug-likeness (QED) is 0.276. The van der Waals surface area contributed by atoms with Gasteiger partial charge in [-0.15, -0.1) is 0 Å². The van der Waals surface area contributed by atoms with Crippen LogP contribution in [0.15, 0.2) is 56.5 Å². The van der Waals surface area contributed by atoms with Gasteiger partial charge in [0.1, 0.15) is 17.0 Å². The molecule has 0 amide bonds. The second kappa shape index (κ2) is 8.18. The van der Waals surface area contributed by atoms with Gasteiger partial charge < -0.3 is 13.7 Å². The van der Waals surface area contributed by atoms with Crippen molar-refractivity contribution in [2.75, 3.05) is 0 Å². The Balaban J connectivity index is 1.68. The van der Waals surface area contributed by atoms with Crippen LogP contribution in [-0.4, -0.2) is 15.5 Å². The summed E-state index contributed by atoms with van der Waals surface area (Å²) in [5, 5.41) is 0.823. The van der Waals surface area contributed by atoms with Gasteiger partial charge in [0, 0.05) is 24.1 Å². The number of aryl methyl sites for hydroxylation is 3. The summed E-state index contributed by atoms with van der Waals surface area (Å²) in [4.78, 5) is 41.2. The van der Waals surface area contributed by atoms with Crippen LogP contribution in [0.4, 0.5) is 0 Å². The summed E-state index contributed by atoms with van der Waals surface area (Å²) in [5.74, 6) is -0.293. The van der Waals surface area contributed by atoms with Crippen LogP contribution in [0.25, 0.3) is 22.0 Å². The zero-order valence-corrected chi connectivity index (χ0v) is 17.6. The number of fused-ring (bicyclic) bond motifs is 2. The Morgan fingerprint density at radius 2 is 1.90 bits per heavy atom. The lowest BCUT2D eigenvalue weighted by Crippen LogP contribution is -2.23. The second-order valence-corrected chi connectivity index (χ2v) is 7.34. The van der Waals surface area contributed by atoms with Crippen molar-refractivity contribution in [2.24, 2.45) is 0 Å². The fourth-order valence-electron chi connectivity index (χ4n) is 3.73. The average Bonchev–Trinajstić information content (AvgIpc) is 2.74. The number of aromatic nitrogens is 2. The molecule has 2 aromatic carbocycles. The molecule has 0 aliphatic carbocycles. The highest BCUT2D eigenvalue weighted by Gasteiger charge is 2.14. The van der Waals surface area contributed by atoms with Gasteiger partial charge in [0.2, 0.25) is 0 Å². The van der Waals surface area contributed by atoms with Crippen molar-refractivity contribution in [2.45, 2.75) is 40.2 Å². The molecule has 0 bridgehead atoms. The van der Waals surface area contributed by atoms with Crippen molar-refractivity contribution in [1.29, 1.82) is 0 Å². The summed E-state index contributed by atoms with van der Waals surface area (Å²) in [7, 11) is 0. The van der Waals surface area contributed by atoms with E-state index in [4.69, 9.17) is 9.15 Å². The van der Waals surface area contributed by atoms with Crippen molar-refractivity contribution in [3.05, 3.63) is 80.1 Å². The lowest BCUT2D eigenvalue weighted by Gasteiger charge is -2.10. The number of rotatable bonds is 5. The van der Waals surface area contributed by atoms with Crippen molar-refractivity contribution in [1.82, 2.24) is 9.55 Å². The molecule has 2 heterocycles. The van der Waals surface area contributed by atoms with Crippen LogP contribution in [0, 0.1) is 6.92 Å². The highest BCUT2D eigenvalue weighted by Crippen LogP contribution is 2.24. The smallest absolute Gasteiger partial charge is 0.343 e. The van der Waals surface area contributed by atoms with Gasteiger partial charge in [-0.05, 0) is 56.2 Å². The first kappa shape index (κ1) is 20.5. The number of hydrogen-bond acceptors (Lipinski definition) is 6. The summed E-state index contributed by atoms with van der Waals surface area (Å²) in [6.07, 6.45) is 1.66. The Morgan fingerprint density at radius 3 is 2.65 bits per heavy atom.